The molecule has 2 atom stereocenters. The van der Waals surface area contributed by atoms with E-state index in [1.54, 1.807) is 0 Å². The van der Waals surface area contributed by atoms with Gasteiger partial charge in [-0.25, -0.2) is 4.79 Å². The maximum atomic E-state index is 12.4. The first-order valence-electron chi connectivity index (χ1n) is 9.17. The Bertz CT molecular complexity index is 954. The zero-order valence-electron chi connectivity index (χ0n) is 14.9. The molecule has 0 spiro atoms. The molecule has 3 aromatic carbocycles. The van der Waals surface area contributed by atoms with Gasteiger partial charge in [-0.15, -0.1) is 0 Å². The molecule has 1 saturated heterocycles. The van der Waals surface area contributed by atoms with Crippen LogP contribution in [0.1, 0.15) is 18.4 Å². The van der Waals surface area contributed by atoms with Crippen LogP contribution in [0.5, 0.6) is 0 Å². The summed E-state index contributed by atoms with van der Waals surface area (Å²) < 4.78 is 5.38. The van der Waals surface area contributed by atoms with Crippen LogP contribution >= 0.6 is 0 Å². The van der Waals surface area contributed by atoms with Gasteiger partial charge in [-0.3, -0.25) is 4.79 Å². The first-order valence-corrected chi connectivity index (χ1v) is 9.17. The molecule has 1 amide bonds. The third kappa shape index (κ3) is 3.51. The largest absolute Gasteiger partial charge is 0.480 e. The number of hydrogen-bond donors (Lipinski definition) is 2. The van der Waals surface area contributed by atoms with Crippen LogP contribution in [-0.4, -0.2) is 35.7 Å². The van der Waals surface area contributed by atoms with Crippen molar-refractivity contribution in [1.82, 2.24) is 5.32 Å². The van der Waals surface area contributed by atoms with Gasteiger partial charge < -0.3 is 15.2 Å². The summed E-state index contributed by atoms with van der Waals surface area (Å²) in [4.78, 5) is 24.2. The fraction of sp³-hybridized carbons (Fsp3) is 0.273. The average molecular weight is 363 g/mol. The van der Waals surface area contributed by atoms with Crippen LogP contribution in [0.4, 0.5) is 0 Å². The third-order valence-electron chi connectivity index (χ3n) is 5.13. The topological polar surface area (TPSA) is 75.6 Å². The fourth-order valence-corrected chi connectivity index (χ4v) is 3.78. The number of carboxylic acid groups (broad SMARTS) is 1. The number of ether oxygens (including phenoxy) is 1. The summed E-state index contributed by atoms with van der Waals surface area (Å²) in [5, 5.41) is 16.5. The summed E-state index contributed by atoms with van der Waals surface area (Å²) in [6.45, 7) is 0.545. The predicted molar refractivity (Wildman–Crippen MR) is 104 cm³/mol. The SMILES string of the molecule is O=C(O)[C@H](Cc1c2ccccc2cc2ccccc12)NC(=O)[C@H]1CCCO1. The second-order valence-corrected chi connectivity index (χ2v) is 6.90. The van der Waals surface area contributed by atoms with E-state index in [2.05, 4.69) is 11.4 Å². The molecule has 1 heterocycles. The van der Waals surface area contributed by atoms with Gasteiger partial charge in [0.25, 0.3) is 0 Å². The van der Waals surface area contributed by atoms with Gasteiger partial charge in [0.05, 0.1) is 0 Å². The van der Waals surface area contributed by atoms with Crippen LogP contribution in [0, 0.1) is 0 Å². The highest BCUT2D eigenvalue weighted by Crippen LogP contribution is 2.29. The van der Waals surface area contributed by atoms with Gasteiger partial charge in [0, 0.05) is 13.0 Å². The van der Waals surface area contributed by atoms with Crippen LogP contribution in [0.15, 0.2) is 54.6 Å². The van der Waals surface area contributed by atoms with E-state index in [0.717, 1.165) is 33.5 Å². The average Bonchev–Trinajstić information content (AvgIpc) is 3.21. The molecule has 0 aliphatic carbocycles. The Labute approximate surface area is 156 Å². The first kappa shape index (κ1) is 17.5. The van der Waals surface area contributed by atoms with Crippen molar-refractivity contribution in [3.05, 3.63) is 60.2 Å². The lowest BCUT2D eigenvalue weighted by Gasteiger charge is -2.19. The van der Waals surface area contributed by atoms with Gasteiger partial charge in [-0.1, -0.05) is 48.5 Å². The molecule has 4 rings (SSSR count). The van der Waals surface area contributed by atoms with Crippen LogP contribution in [0.2, 0.25) is 0 Å². The number of aliphatic carboxylic acids is 1. The van der Waals surface area contributed by atoms with E-state index in [4.69, 9.17) is 4.74 Å². The highest BCUT2D eigenvalue weighted by Gasteiger charge is 2.29. The number of fused-ring (bicyclic) bond motifs is 2. The molecule has 0 aromatic heterocycles. The fourth-order valence-electron chi connectivity index (χ4n) is 3.78. The minimum atomic E-state index is -1.04. The number of hydrogen-bond acceptors (Lipinski definition) is 3. The monoisotopic (exact) mass is 363 g/mol. The highest BCUT2D eigenvalue weighted by molar-refractivity contribution is 6.02. The number of carbonyl (C=O) groups is 2. The Balaban J connectivity index is 1.72. The Kier molecular flexibility index (Phi) is 4.77. The van der Waals surface area contributed by atoms with E-state index in [1.807, 2.05) is 48.5 Å². The lowest BCUT2D eigenvalue weighted by molar-refractivity contribution is -0.143. The van der Waals surface area contributed by atoms with E-state index in [1.165, 1.54) is 0 Å². The molecule has 27 heavy (non-hydrogen) atoms. The van der Waals surface area contributed by atoms with E-state index in [0.29, 0.717) is 13.0 Å². The lowest BCUT2D eigenvalue weighted by Crippen LogP contribution is -2.46. The van der Waals surface area contributed by atoms with Crippen molar-refractivity contribution in [3.8, 4) is 0 Å². The third-order valence-corrected chi connectivity index (χ3v) is 5.13. The minimum absolute atomic E-state index is 0.218. The van der Waals surface area contributed by atoms with Crippen molar-refractivity contribution < 1.29 is 19.4 Å². The molecular formula is C22H21NO4. The van der Waals surface area contributed by atoms with Gasteiger partial charge in [-0.05, 0) is 46.0 Å². The molecule has 0 saturated carbocycles. The van der Waals surface area contributed by atoms with Crippen molar-refractivity contribution in [2.24, 2.45) is 0 Å². The normalized spacial score (nSPS) is 17.9. The zero-order valence-corrected chi connectivity index (χ0v) is 14.9. The minimum Gasteiger partial charge on any atom is -0.480 e. The summed E-state index contributed by atoms with van der Waals surface area (Å²) in [7, 11) is 0. The zero-order chi connectivity index (χ0) is 18.8. The van der Waals surface area contributed by atoms with Crippen molar-refractivity contribution in [2.75, 3.05) is 6.61 Å². The van der Waals surface area contributed by atoms with E-state index in [9.17, 15) is 14.7 Å². The molecule has 1 aliphatic heterocycles. The second kappa shape index (κ2) is 7.37. The number of rotatable bonds is 5. The Hall–Kier alpha value is -2.92. The molecular weight excluding hydrogens is 342 g/mol. The molecule has 0 bridgehead atoms. The molecule has 5 nitrogen and oxygen atoms in total. The second-order valence-electron chi connectivity index (χ2n) is 6.90. The molecule has 2 N–H and O–H groups in total. The van der Waals surface area contributed by atoms with Gasteiger partial charge in [0.2, 0.25) is 5.91 Å². The number of carbonyl (C=O) groups excluding carboxylic acids is 1. The van der Waals surface area contributed by atoms with Crippen LogP contribution in [0.25, 0.3) is 21.5 Å². The molecule has 3 aromatic rings. The first-order chi connectivity index (χ1) is 13.1. The van der Waals surface area contributed by atoms with Crippen molar-refractivity contribution in [3.63, 3.8) is 0 Å². The predicted octanol–water partition coefficient (Wildman–Crippen LogP) is 3.28. The van der Waals surface area contributed by atoms with Crippen LogP contribution < -0.4 is 5.32 Å². The van der Waals surface area contributed by atoms with Gasteiger partial charge >= 0.3 is 5.97 Å². The Morgan fingerprint density at radius 2 is 1.70 bits per heavy atom. The summed E-state index contributed by atoms with van der Waals surface area (Å²) in [6.07, 6.45) is 1.13. The quantitative estimate of drug-likeness (QED) is 0.682. The van der Waals surface area contributed by atoms with E-state index < -0.39 is 18.1 Å². The van der Waals surface area contributed by atoms with Gasteiger partial charge in [0.15, 0.2) is 0 Å². The summed E-state index contributed by atoms with van der Waals surface area (Å²) in [5.41, 5.74) is 0.934. The van der Waals surface area contributed by atoms with Crippen molar-refractivity contribution in [1.29, 1.82) is 0 Å². The van der Waals surface area contributed by atoms with Crippen molar-refractivity contribution >= 4 is 33.4 Å². The Morgan fingerprint density at radius 1 is 1.07 bits per heavy atom. The maximum absolute atomic E-state index is 12.4. The lowest BCUT2D eigenvalue weighted by atomic mass is 9.92. The number of nitrogens with one attached hydrogen (secondary N) is 1. The van der Waals surface area contributed by atoms with E-state index in [-0.39, 0.29) is 12.3 Å². The molecule has 0 radical (unpaired) electrons. The maximum Gasteiger partial charge on any atom is 0.326 e. The number of benzene rings is 3. The molecule has 0 unspecified atom stereocenters. The van der Waals surface area contributed by atoms with Gasteiger partial charge in [-0.2, -0.15) is 0 Å². The smallest absolute Gasteiger partial charge is 0.326 e. The summed E-state index contributed by atoms with van der Waals surface area (Å²) in [5.74, 6) is -1.39. The summed E-state index contributed by atoms with van der Waals surface area (Å²) >= 11 is 0. The molecule has 1 aliphatic rings. The van der Waals surface area contributed by atoms with Crippen LogP contribution in [0.3, 0.4) is 0 Å². The summed E-state index contributed by atoms with van der Waals surface area (Å²) in [6, 6.07) is 17.0. The Morgan fingerprint density at radius 3 is 2.26 bits per heavy atom. The highest BCUT2D eigenvalue weighted by atomic mass is 16.5. The standard InChI is InChI=1S/C22H21NO4/c24-21(20-10-5-11-27-20)23-19(22(25)26)13-18-16-8-3-1-6-14(16)12-15-7-2-4-9-17(15)18/h1-4,6-9,12,19-20H,5,10-11,13H2,(H,23,24)(H,25,26)/t19-,20+/m0/s1. The molecule has 5 heteroatoms. The number of carboxylic acids is 1. The number of amides is 1. The van der Waals surface area contributed by atoms with Crippen LogP contribution in [-0.2, 0) is 20.7 Å². The van der Waals surface area contributed by atoms with Gasteiger partial charge in [0.1, 0.15) is 12.1 Å². The molecule has 1 fully saturated rings. The van der Waals surface area contributed by atoms with E-state index >= 15 is 0 Å². The molecule has 138 valence electrons. The van der Waals surface area contributed by atoms with Crippen molar-refractivity contribution in [2.45, 2.75) is 31.4 Å².